The molecule has 0 saturated carbocycles. The minimum atomic E-state index is 0.108. The van der Waals surface area contributed by atoms with Gasteiger partial charge in [-0.15, -0.1) is 0 Å². The standard InChI is InChI=1S/C15H23ClN4O/c1-19-7-5-11(6-8-19)10-20(2)14-9-12(16)3-4-13(14)15(17)18-21/h3-4,9,11,21H,5-8,10H2,1-2H3,(H2,17,18). The van der Waals surface area contributed by atoms with Gasteiger partial charge in [-0.2, -0.15) is 0 Å². The van der Waals surface area contributed by atoms with E-state index < -0.39 is 0 Å². The third-order valence-corrected chi connectivity index (χ3v) is 4.36. The third-order valence-electron chi connectivity index (χ3n) is 4.12. The summed E-state index contributed by atoms with van der Waals surface area (Å²) < 4.78 is 0. The summed E-state index contributed by atoms with van der Waals surface area (Å²) in [6.45, 7) is 3.22. The third kappa shape index (κ3) is 4.02. The molecule has 1 fully saturated rings. The van der Waals surface area contributed by atoms with Crippen molar-refractivity contribution in [3.05, 3.63) is 28.8 Å². The number of anilines is 1. The molecular weight excluding hydrogens is 288 g/mol. The summed E-state index contributed by atoms with van der Waals surface area (Å²) in [4.78, 5) is 4.51. The van der Waals surface area contributed by atoms with Gasteiger partial charge >= 0.3 is 0 Å². The lowest BCUT2D eigenvalue weighted by Crippen LogP contribution is -2.36. The van der Waals surface area contributed by atoms with Crippen molar-refractivity contribution in [1.82, 2.24) is 4.90 Å². The highest BCUT2D eigenvalue weighted by Crippen LogP contribution is 2.26. The number of nitrogens with two attached hydrogens (primary N) is 1. The molecule has 1 saturated heterocycles. The van der Waals surface area contributed by atoms with Crippen molar-refractivity contribution in [1.29, 1.82) is 0 Å². The van der Waals surface area contributed by atoms with E-state index in [-0.39, 0.29) is 5.84 Å². The molecule has 0 atom stereocenters. The molecule has 0 unspecified atom stereocenters. The van der Waals surface area contributed by atoms with Gasteiger partial charge in [-0.25, -0.2) is 0 Å². The minimum Gasteiger partial charge on any atom is -0.409 e. The quantitative estimate of drug-likeness (QED) is 0.387. The Labute approximate surface area is 131 Å². The monoisotopic (exact) mass is 310 g/mol. The Morgan fingerprint density at radius 2 is 2.14 bits per heavy atom. The number of benzene rings is 1. The van der Waals surface area contributed by atoms with Crippen molar-refractivity contribution < 1.29 is 5.21 Å². The van der Waals surface area contributed by atoms with E-state index in [1.807, 2.05) is 13.1 Å². The van der Waals surface area contributed by atoms with Crippen LogP contribution < -0.4 is 10.6 Å². The predicted molar refractivity (Wildman–Crippen MR) is 87.5 cm³/mol. The zero-order chi connectivity index (χ0) is 15.4. The molecule has 0 radical (unpaired) electrons. The smallest absolute Gasteiger partial charge is 0.172 e. The van der Waals surface area contributed by atoms with Gasteiger partial charge < -0.3 is 20.7 Å². The molecule has 0 aliphatic carbocycles. The van der Waals surface area contributed by atoms with Crippen molar-refractivity contribution >= 4 is 23.1 Å². The van der Waals surface area contributed by atoms with Gasteiger partial charge in [-0.05, 0) is 57.1 Å². The number of halogens is 1. The summed E-state index contributed by atoms with van der Waals surface area (Å²) in [5.74, 6) is 0.766. The second-order valence-corrected chi connectivity index (χ2v) is 6.21. The van der Waals surface area contributed by atoms with E-state index in [4.69, 9.17) is 22.5 Å². The Balaban J connectivity index is 2.14. The molecule has 5 nitrogen and oxygen atoms in total. The van der Waals surface area contributed by atoms with Crippen molar-refractivity contribution in [3.8, 4) is 0 Å². The average Bonchev–Trinajstić information content (AvgIpc) is 2.48. The van der Waals surface area contributed by atoms with Crippen LogP contribution in [0, 0.1) is 5.92 Å². The summed E-state index contributed by atoms with van der Waals surface area (Å²) in [5, 5.41) is 12.7. The fourth-order valence-electron chi connectivity index (χ4n) is 2.82. The van der Waals surface area contributed by atoms with Crippen LogP contribution in [0.4, 0.5) is 5.69 Å². The maximum Gasteiger partial charge on any atom is 0.172 e. The van der Waals surface area contributed by atoms with Crippen LogP contribution in [-0.4, -0.2) is 49.7 Å². The number of nitrogens with zero attached hydrogens (tertiary/aromatic N) is 3. The molecule has 0 aromatic heterocycles. The van der Waals surface area contributed by atoms with Crippen molar-refractivity contribution in [2.75, 3.05) is 38.6 Å². The van der Waals surface area contributed by atoms with Crippen molar-refractivity contribution in [3.63, 3.8) is 0 Å². The first-order valence-corrected chi connectivity index (χ1v) is 7.56. The highest BCUT2D eigenvalue weighted by atomic mass is 35.5. The van der Waals surface area contributed by atoms with Crippen LogP contribution in [0.3, 0.4) is 0 Å². The number of oxime groups is 1. The van der Waals surface area contributed by atoms with Crippen LogP contribution in [0.25, 0.3) is 0 Å². The number of hydrogen-bond donors (Lipinski definition) is 2. The molecule has 21 heavy (non-hydrogen) atoms. The second-order valence-electron chi connectivity index (χ2n) is 5.77. The van der Waals surface area contributed by atoms with E-state index in [1.54, 1.807) is 12.1 Å². The molecule has 6 heteroatoms. The number of hydrogen-bond acceptors (Lipinski definition) is 4. The summed E-state index contributed by atoms with van der Waals surface area (Å²) >= 11 is 6.09. The molecule has 1 aliphatic rings. The summed E-state index contributed by atoms with van der Waals surface area (Å²) in [5.41, 5.74) is 7.36. The fourth-order valence-corrected chi connectivity index (χ4v) is 2.99. The Morgan fingerprint density at radius 1 is 1.48 bits per heavy atom. The van der Waals surface area contributed by atoms with E-state index in [2.05, 4.69) is 22.0 Å². The second kappa shape index (κ2) is 7.00. The van der Waals surface area contributed by atoms with Gasteiger partial charge in [0.15, 0.2) is 5.84 Å². The van der Waals surface area contributed by atoms with Crippen LogP contribution in [0.2, 0.25) is 5.02 Å². The molecule has 116 valence electrons. The first-order chi connectivity index (χ1) is 10.0. The maximum absolute atomic E-state index is 8.92. The number of likely N-dealkylation sites (tertiary alicyclic amines) is 1. The normalized spacial score (nSPS) is 18.0. The largest absolute Gasteiger partial charge is 0.409 e. The van der Waals surface area contributed by atoms with Gasteiger partial charge in [0, 0.05) is 29.9 Å². The van der Waals surface area contributed by atoms with Crippen LogP contribution in [-0.2, 0) is 0 Å². The highest BCUT2D eigenvalue weighted by molar-refractivity contribution is 6.31. The SMILES string of the molecule is CN1CCC(CN(C)c2cc(Cl)ccc2C(N)=NO)CC1. The molecule has 1 aromatic carbocycles. The van der Waals surface area contributed by atoms with Gasteiger partial charge in [-0.1, -0.05) is 16.8 Å². The topological polar surface area (TPSA) is 65.1 Å². The zero-order valence-corrected chi connectivity index (χ0v) is 13.3. The van der Waals surface area contributed by atoms with Crippen LogP contribution in [0.15, 0.2) is 23.4 Å². The van der Waals surface area contributed by atoms with E-state index in [9.17, 15) is 0 Å². The molecule has 0 amide bonds. The van der Waals surface area contributed by atoms with Crippen LogP contribution in [0.5, 0.6) is 0 Å². The number of rotatable bonds is 4. The van der Waals surface area contributed by atoms with Gasteiger partial charge in [0.25, 0.3) is 0 Å². The number of amidine groups is 1. The Morgan fingerprint density at radius 3 is 2.76 bits per heavy atom. The van der Waals surface area contributed by atoms with Crippen molar-refractivity contribution in [2.45, 2.75) is 12.8 Å². The predicted octanol–water partition coefficient (Wildman–Crippen LogP) is 2.21. The lowest BCUT2D eigenvalue weighted by atomic mass is 9.96. The fraction of sp³-hybridized carbons (Fsp3) is 0.533. The summed E-state index contributed by atoms with van der Waals surface area (Å²) in [6, 6.07) is 5.41. The lowest BCUT2D eigenvalue weighted by Gasteiger charge is -2.33. The molecule has 1 aromatic rings. The van der Waals surface area contributed by atoms with E-state index >= 15 is 0 Å². The molecular formula is C15H23ClN4O. The van der Waals surface area contributed by atoms with E-state index in [0.29, 0.717) is 16.5 Å². The Bertz CT molecular complexity index is 512. The molecule has 0 bridgehead atoms. The molecule has 1 heterocycles. The summed E-state index contributed by atoms with van der Waals surface area (Å²) in [6.07, 6.45) is 2.39. The van der Waals surface area contributed by atoms with Gasteiger partial charge in [-0.3, -0.25) is 0 Å². The first kappa shape index (κ1) is 15.9. The highest BCUT2D eigenvalue weighted by Gasteiger charge is 2.20. The van der Waals surface area contributed by atoms with Crippen LogP contribution >= 0.6 is 11.6 Å². The van der Waals surface area contributed by atoms with E-state index in [0.717, 1.165) is 25.3 Å². The molecule has 2 rings (SSSR count). The molecule has 0 spiro atoms. The van der Waals surface area contributed by atoms with Gasteiger partial charge in [0.2, 0.25) is 0 Å². The summed E-state index contributed by atoms with van der Waals surface area (Å²) in [7, 11) is 4.19. The average molecular weight is 311 g/mol. The van der Waals surface area contributed by atoms with Crippen molar-refractivity contribution in [2.24, 2.45) is 16.8 Å². The van der Waals surface area contributed by atoms with Crippen LogP contribution in [0.1, 0.15) is 18.4 Å². The Kier molecular flexibility index (Phi) is 5.31. The van der Waals surface area contributed by atoms with E-state index in [1.165, 1.54) is 12.8 Å². The zero-order valence-electron chi connectivity index (χ0n) is 12.6. The first-order valence-electron chi connectivity index (χ1n) is 7.18. The minimum absolute atomic E-state index is 0.108. The molecule has 1 aliphatic heterocycles. The number of piperidine rings is 1. The maximum atomic E-state index is 8.92. The lowest BCUT2D eigenvalue weighted by molar-refractivity contribution is 0.222. The Hall–Kier alpha value is -1.46. The van der Waals surface area contributed by atoms with Gasteiger partial charge in [0.05, 0.1) is 0 Å². The van der Waals surface area contributed by atoms with Gasteiger partial charge in [0.1, 0.15) is 0 Å². The molecule has 3 N–H and O–H groups in total.